The number of rotatable bonds is 5. The number of hydrogen-bond donors (Lipinski definition) is 2. The molecule has 2 aliphatic heterocycles. The van der Waals surface area contributed by atoms with E-state index in [1.165, 1.54) is 0 Å². The van der Waals surface area contributed by atoms with Gasteiger partial charge in [0.25, 0.3) is 0 Å². The minimum absolute atomic E-state index is 0.285. The lowest BCUT2D eigenvalue weighted by molar-refractivity contribution is 0.460. The van der Waals surface area contributed by atoms with Gasteiger partial charge in [0.2, 0.25) is 0 Å². The molecule has 1 atom stereocenters. The molecular formula is C26H30ClN5O. The van der Waals surface area contributed by atoms with Crippen LogP contribution in [-0.4, -0.2) is 38.4 Å². The number of nitrogens with one attached hydrogen (secondary N) is 1. The largest absolute Gasteiger partial charge is 0.455 e. The average Bonchev–Trinajstić information content (AvgIpc) is 2.83. The molecule has 0 aromatic heterocycles. The van der Waals surface area contributed by atoms with E-state index < -0.39 is 0 Å². The summed E-state index contributed by atoms with van der Waals surface area (Å²) in [6.07, 6.45) is 7.35. The highest BCUT2D eigenvalue weighted by Gasteiger charge is 2.26. The predicted molar refractivity (Wildman–Crippen MR) is 135 cm³/mol. The normalized spacial score (nSPS) is 19.4. The monoisotopic (exact) mass is 463 g/mol. The molecule has 1 saturated heterocycles. The second kappa shape index (κ2) is 10.3. The van der Waals surface area contributed by atoms with Crippen LogP contribution in [0.1, 0.15) is 42.9 Å². The number of ether oxygens (including phenoxy) is 1. The van der Waals surface area contributed by atoms with Gasteiger partial charge in [-0.25, -0.2) is 0 Å². The number of anilines is 1. The fourth-order valence-electron chi connectivity index (χ4n) is 4.47. The summed E-state index contributed by atoms with van der Waals surface area (Å²) in [4.78, 5) is 7.08. The van der Waals surface area contributed by atoms with E-state index >= 15 is 0 Å². The lowest BCUT2D eigenvalue weighted by Crippen LogP contribution is -2.33. The fraction of sp³-hybridized carbons (Fsp3) is 0.385. The first-order valence-electron chi connectivity index (χ1n) is 11.4. The van der Waals surface area contributed by atoms with Gasteiger partial charge in [0.15, 0.2) is 0 Å². The quantitative estimate of drug-likeness (QED) is 0.616. The van der Waals surface area contributed by atoms with Crippen molar-refractivity contribution < 1.29 is 4.74 Å². The van der Waals surface area contributed by atoms with Crippen LogP contribution in [0.5, 0.6) is 11.5 Å². The summed E-state index contributed by atoms with van der Waals surface area (Å²) in [6, 6.07) is 12.3. The van der Waals surface area contributed by atoms with Gasteiger partial charge in [-0.1, -0.05) is 17.7 Å². The molecule has 172 valence electrons. The van der Waals surface area contributed by atoms with Gasteiger partial charge in [-0.2, -0.15) is 5.26 Å². The first-order chi connectivity index (χ1) is 16.0. The number of aliphatic imine (C=N–C) groups is 1. The topological polar surface area (TPSA) is 86.7 Å². The Morgan fingerprint density at radius 3 is 2.79 bits per heavy atom. The van der Waals surface area contributed by atoms with Crippen LogP contribution in [0.2, 0.25) is 5.02 Å². The SMILES string of the molecule is CC1CCc2c(ccc(C(C=NC3CCNCC3)=CN)c2Oc2cccc(Cl)c2C#N)N1C. The smallest absolute Gasteiger partial charge is 0.146 e. The van der Waals surface area contributed by atoms with Crippen LogP contribution >= 0.6 is 11.6 Å². The van der Waals surface area contributed by atoms with Gasteiger partial charge in [-0.05, 0) is 70.0 Å². The Kier molecular flexibility index (Phi) is 7.22. The van der Waals surface area contributed by atoms with Gasteiger partial charge in [0.1, 0.15) is 23.1 Å². The van der Waals surface area contributed by atoms with Crippen LogP contribution in [0.25, 0.3) is 5.57 Å². The van der Waals surface area contributed by atoms with Crippen LogP contribution in [-0.2, 0) is 6.42 Å². The van der Waals surface area contributed by atoms with Crippen molar-refractivity contribution in [1.82, 2.24) is 5.32 Å². The first kappa shape index (κ1) is 23.2. The molecule has 33 heavy (non-hydrogen) atoms. The van der Waals surface area contributed by atoms with Crippen LogP contribution in [0.15, 0.2) is 41.5 Å². The van der Waals surface area contributed by atoms with Crippen molar-refractivity contribution in [1.29, 1.82) is 5.26 Å². The third-order valence-corrected chi connectivity index (χ3v) is 6.93. The molecule has 2 heterocycles. The molecule has 0 radical (unpaired) electrons. The van der Waals surface area contributed by atoms with E-state index in [0.717, 1.165) is 61.2 Å². The minimum atomic E-state index is 0.285. The molecule has 0 bridgehead atoms. The molecule has 0 aliphatic carbocycles. The number of nitrogens with two attached hydrogens (primary N) is 1. The summed E-state index contributed by atoms with van der Waals surface area (Å²) >= 11 is 6.28. The molecule has 4 rings (SSSR count). The highest BCUT2D eigenvalue weighted by molar-refractivity contribution is 6.32. The lowest BCUT2D eigenvalue weighted by Gasteiger charge is -2.35. The van der Waals surface area contributed by atoms with Crippen molar-refractivity contribution in [2.45, 2.75) is 44.7 Å². The molecule has 2 aliphatic rings. The van der Waals surface area contributed by atoms with Crippen LogP contribution in [0.4, 0.5) is 5.69 Å². The maximum atomic E-state index is 9.67. The number of benzene rings is 2. The molecule has 3 N–H and O–H groups in total. The lowest BCUT2D eigenvalue weighted by atomic mass is 9.92. The number of hydrogen-bond acceptors (Lipinski definition) is 6. The number of allylic oxidation sites excluding steroid dienone is 1. The Balaban J connectivity index is 1.79. The first-order valence-corrected chi connectivity index (χ1v) is 11.8. The summed E-state index contributed by atoms with van der Waals surface area (Å²) in [7, 11) is 2.10. The highest BCUT2D eigenvalue weighted by Crippen LogP contribution is 2.43. The van der Waals surface area contributed by atoms with Crippen molar-refractivity contribution in [2.75, 3.05) is 25.0 Å². The van der Waals surface area contributed by atoms with E-state index in [-0.39, 0.29) is 6.04 Å². The van der Waals surface area contributed by atoms with Crippen LogP contribution in [0, 0.1) is 11.3 Å². The third-order valence-electron chi connectivity index (χ3n) is 6.61. The van der Waals surface area contributed by atoms with E-state index in [1.807, 2.05) is 12.3 Å². The van der Waals surface area contributed by atoms with Crippen molar-refractivity contribution >= 4 is 29.1 Å². The van der Waals surface area contributed by atoms with Crippen molar-refractivity contribution in [3.05, 3.63) is 58.2 Å². The van der Waals surface area contributed by atoms with Gasteiger partial charge in [-0.3, -0.25) is 4.99 Å². The van der Waals surface area contributed by atoms with Crippen LogP contribution in [0.3, 0.4) is 0 Å². The zero-order chi connectivity index (χ0) is 23.4. The number of fused-ring (bicyclic) bond motifs is 1. The van der Waals surface area contributed by atoms with Gasteiger partial charge in [-0.15, -0.1) is 0 Å². The molecule has 1 unspecified atom stereocenters. The number of piperidine rings is 1. The average molecular weight is 464 g/mol. The maximum absolute atomic E-state index is 9.67. The van der Waals surface area contributed by atoms with Gasteiger partial charge >= 0.3 is 0 Å². The molecule has 2 aromatic rings. The van der Waals surface area contributed by atoms with Crippen molar-refractivity contribution in [3.8, 4) is 17.6 Å². The van der Waals surface area contributed by atoms with Crippen molar-refractivity contribution in [3.63, 3.8) is 0 Å². The van der Waals surface area contributed by atoms with E-state index in [2.05, 4.69) is 36.3 Å². The second-order valence-corrected chi connectivity index (χ2v) is 9.05. The Hall–Kier alpha value is -3.01. The zero-order valence-electron chi connectivity index (χ0n) is 19.1. The van der Waals surface area contributed by atoms with Gasteiger partial charge < -0.3 is 20.7 Å². The summed E-state index contributed by atoms with van der Waals surface area (Å²) in [6.45, 7) is 4.18. The Morgan fingerprint density at radius 2 is 2.06 bits per heavy atom. The summed E-state index contributed by atoms with van der Waals surface area (Å²) in [5.74, 6) is 1.14. The molecular weight excluding hydrogens is 434 g/mol. The fourth-order valence-corrected chi connectivity index (χ4v) is 4.68. The Labute approximate surface area is 200 Å². The maximum Gasteiger partial charge on any atom is 0.146 e. The van der Waals surface area contributed by atoms with E-state index in [4.69, 9.17) is 27.1 Å². The number of nitriles is 1. The van der Waals surface area contributed by atoms with Gasteiger partial charge in [0.05, 0.1) is 11.1 Å². The Bertz CT molecular complexity index is 1110. The van der Waals surface area contributed by atoms with Gasteiger partial charge in [0, 0.05) is 47.9 Å². The minimum Gasteiger partial charge on any atom is -0.455 e. The summed E-state index contributed by atoms with van der Waals surface area (Å²) in [5.41, 5.74) is 10.3. The molecule has 1 fully saturated rings. The van der Waals surface area contributed by atoms with E-state index in [1.54, 1.807) is 24.4 Å². The molecule has 0 amide bonds. The second-order valence-electron chi connectivity index (χ2n) is 8.65. The standard InChI is InChI=1S/C26H30ClN5O/c1-17-6-7-21-24(32(17)2)9-8-20(18(14-28)16-31-19-10-12-30-13-11-19)26(21)33-25-5-3-4-23(27)22(25)15-29/h3-5,8-9,14,16-17,19,30H,6-7,10-13,28H2,1-2H3. The molecule has 6 nitrogen and oxygen atoms in total. The third kappa shape index (κ3) is 4.85. The molecule has 7 heteroatoms. The number of nitrogens with zero attached hydrogens (tertiary/aromatic N) is 3. The predicted octanol–water partition coefficient (Wildman–Crippen LogP) is 4.90. The summed E-state index contributed by atoms with van der Waals surface area (Å²) < 4.78 is 6.47. The Morgan fingerprint density at radius 1 is 1.27 bits per heavy atom. The molecule has 0 spiro atoms. The van der Waals surface area contributed by atoms with Crippen molar-refractivity contribution in [2.24, 2.45) is 10.7 Å². The van der Waals surface area contributed by atoms with E-state index in [0.29, 0.717) is 28.1 Å². The summed E-state index contributed by atoms with van der Waals surface area (Å²) in [5, 5.41) is 13.4. The molecule has 2 aromatic carbocycles. The number of halogens is 1. The van der Waals surface area contributed by atoms with E-state index in [9.17, 15) is 5.26 Å². The van der Waals surface area contributed by atoms with Crippen LogP contribution < -0.4 is 20.7 Å². The zero-order valence-corrected chi connectivity index (χ0v) is 19.9. The highest BCUT2D eigenvalue weighted by atomic mass is 35.5. The molecule has 0 saturated carbocycles.